The van der Waals surface area contributed by atoms with Gasteiger partial charge < -0.3 is 5.32 Å². The van der Waals surface area contributed by atoms with Crippen molar-refractivity contribution in [3.05, 3.63) is 52.3 Å². The molecule has 0 unspecified atom stereocenters. The third-order valence-electron chi connectivity index (χ3n) is 2.19. The van der Waals surface area contributed by atoms with Gasteiger partial charge in [0, 0.05) is 6.07 Å². The summed E-state index contributed by atoms with van der Waals surface area (Å²) in [6.45, 7) is 0. The van der Waals surface area contributed by atoms with Gasteiger partial charge in [0.15, 0.2) is 5.82 Å². The molecule has 0 radical (unpaired) electrons. The standard InChI is InChI=1S/C12H6BrF2N3/c13-11-7(4-16)1-2-10(12(11)15)18-9-3-8(14)5-17-6-9/h1-3,5-6,18H. The number of nitrogens with one attached hydrogen (secondary N) is 1. The highest BCUT2D eigenvalue weighted by molar-refractivity contribution is 9.10. The van der Waals surface area contributed by atoms with Crippen molar-refractivity contribution < 1.29 is 8.78 Å². The van der Waals surface area contributed by atoms with Gasteiger partial charge in [0.25, 0.3) is 0 Å². The molecule has 0 bridgehead atoms. The summed E-state index contributed by atoms with van der Waals surface area (Å²) in [6, 6.07) is 5.91. The highest BCUT2D eigenvalue weighted by Gasteiger charge is 2.11. The maximum atomic E-state index is 13.9. The molecule has 1 N–H and O–H groups in total. The second-order valence-electron chi connectivity index (χ2n) is 3.42. The SMILES string of the molecule is N#Cc1ccc(Nc2cncc(F)c2)c(F)c1Br. The summed E-state index contributed by atoms with van der Waals surface area (Å²) in [5.74, 6) is -1.13. The van der Waals surface area contributed by atoms with Crippen LogP contribution in [0.2, 0.25) is 0 Å². The fraction of sp³-hybridized carbons (Fsp3) is 0. The Labute approximate surface area is 110 Å². The third-order valence-corrected chi connectivity index (χ3v) is 2.96. The van der Waals surface area contributed by atoms with E-state index < -0.39 is 11.6 Å². The summed E-state index contributed by atoms with van der Waals surface area (Å²) in [6.07, 6.45) is 2.42. The fourth-order valence-electron chi connectivity index (χ4n) is 1.37. The molecule has 90 valence electrons. The maximum absolute atomic E-state index is 13.9. The van der Waals surface area contributed by atoms with E-state index in [0.717, 1.165) is 6.20 Å². The predicted octanol–water partition coefficient (Wildman–Crippen LogP) is 3.74. The number of anilines is 2. The van der Waals surface area contributed by atoms with E-state index in [0.29, 0.717) is 5.69 Å². The number of rotatable bonds is 2. The number of pyridine rings is 1. The first-order valence-electron chi connectivity index (χ1n) is 4.87. The molecule has 0 saturated heterocycles. The first kappa shape index (κ1) is 12.5. The van der Waals surface area contributed by atoms with Crippen LogP contribution in [-0.4, -0.2) is 4.98 Å². The van der Waals surface area contributed by atoms with E-state index in [1.807, 2.05) is 6.07 Å². The van der Waals surface area contributed by atoms with Crippen LogP contribution in [-0.2, 0) is 0 Å². The average molecular weight is 310 g/mol. The van der Waals surface area contributed by atoms with Crippen molar-refractivity contribution in [3.8, 4) is 6.07 Å². The second-order valence-corrected chi connectivity index (χ2v) is 4.21. The monoisotopic (exact) mass is 309 g/mol. The second kappa shape index (κ2) is 5.10. The minimum atomic E-state index is -0.613. The van der Waals surface area contributed by atoms with Crippen LogP contribution in [0.15, 0.2) is 35.1 Å². The van der Waals surface area contributed by atoms with Crippen LogP contribution >= 0.6 is 15.9 Å². The van der Waals surface area contributed by atoms with E-state index in [4.69, 9.17) is 5.26 Å². The van der Waals surface area contributed by atoms with Crippen molar-refractivity contribution >= 4 is 27.3 Å². The molecule has 1 aromatic carbocycles. The zero-order valence-electron chi connectivity index (χ0n) is 8.92. The molecule has 6 heteroatoms. The summed E-state index contributed by atoms with van der Waals surface area (Å²) in [5, 5.41) is 11.4. The molecule has 2 aromatic rings. The number of hydrogen-bond donors (Lipinski definition) is 1. The molecule has 18 heavy (non-hydrogen) atoms. The van der Waals surface area contributed by atoms with E-state index in [-0.39, 0.29) is 15.7 Å². The Hall–Kier alpha value is -2.00. The normalized spacial score (nSPS) is 9.89. The molecule has 3 nitrogen and oxygen atoms in total. The Morgan fingerprint density at radius 3 is 2.72 bits per heavy atom. The number of nitrogens with zero attached hydrogens (tertiary/aromatic N) is 2. The van der Waals surface area contributed by atoms with Gasteiger partial charge in [0.1, 0.15) is 11.9 Å². The lowest BCUT2D eigenvalue weighted by molar-refractivity contribution is 0.620. The number of benzene rings is 1. The smallest absolute Gasteiger partial charge is 0.162 e. The largest absolute Gasteiger partial charge is 0.352 e. The van der Waals surface area contributed by atoms with E-state index >= 15 is 0 Å². The van der Waals surface area contributed by atoms with Gasteiger partial charge in [0.05, 0.1) is 33.8 Å². The lowest BCUT2D eigenvalue weighted by Gasteiger charge is -2.08. The van der Waals surface area contributed by atoms with Crippen molar-refractivity contribution in [3.63, 3.8) is 0 Å². The Morgan fingerprint density at radius 2 is 2.06 bits per heavy atom. The summed E-state index contributed by atoms with van der Waals surface area (Å²) in [7, 11) is 0. The van der Waals surface area contributed by atoms with Crippen LogP contribution in [0.1, 0.15) is 5.56 Å². The first-order chi connectivity index (χ1) is 8.61. The Bertz CT molecular complexity index is 638. The molecular weight excluding hydrogens is 304 g/mol. The average Bonchev–Trinajstić information content (AvgIpc) is 2.35. The van der Waals surface area contributed by atoms with Crippen LogP contribution in [0.5, 0.6) is 0 Å². The summed E-state index contributed by atoms with van der Waals surface area (Å²) in [4.78, 5) is 3.64. The molecular formula is C12H6BrF2N3. The Kier molecular flexibility index (Phi) is 3.53. The zero-order valence-corrected chi connectivity index (χ0v) is 10.5. The van der Waals surface area contributed by atoms with Crippen LogP contribution < -0.4 is 5.32 Å². The van der Waals surface area contributed by atoms with Gasteiger partial charge in [-0.15, -0.1) is 0 Å². The van der Waals surface area contributed by atoms with Gasteiger partial charge in [-0.2, -0.15) is 5.26 Å². The van der Waals surface area contributed by atoms with Gasteiger partial charge in [-0.1, -0.05) is 0 Å². The van der Waals surface area contributed by atoms with Gasteiger partial charge >= 0.3 is 0 Å². The van der Waals surface area contributed by atoms with Crippen LogP contribution in [0.3, 0.4) is 0 Å². The molecule has 2 rings (SSSR count). The van der Waals surface area contributed by atoms with E-state index in [2.05, 4.69) is 26.2 Å². The quantitative estimate of drug-likeness (QED) is 0.919. The highest BCUT2D eigenvalue weighted by Crippen LogP contribution is 2.28. The highest BCUT2D eigenvalue weighted by atomic mass is 79.9. The van der Waals surface area contributed by atoms with Crippen LogP contribution in [0.25, 0.3) is 0 Å². The Morgan fingerprint density at radius 1 is 1.28 bits per heavy atom. The van der Waals surface area contributed by atoms with Gasteiger partial charge in [0.2, 0.25) is 0 Å². The Balaban J connectivity index is 2.36. The molecule has 0 spiro atoms. The number of halogens is 3. The lowest BCUT2D eigenvalue weighted by atomic mass is 10.2. The molecule has 0 amide bonds. The first-order valence-corrected chi connectivity index (χ1v) is 5.67. The minimum Gasteiger partial charge on any atom is -0.352 e. The van der Waals surface area contributed by atoms with Crippen molar-refractivity contribution in [1.82, 2.24) is 4.98 Å². The van der Waals surface area contributed by atoms with Crippen molar-refractivity contribution in [1.29, 1.82) is 5.26 Å². The van der Waals surface area contributed by atoms with Gasteiger partial charge in [-0.25, -0.2) is 8.78 Å². The molecule has 0 saturated carbocycles. The van der Waals surface area contributed by atoms with E-state index in [1.165, 1.54) is 24.4 Å². The van der Waals surface area contributed by atoms with E-state index in [1.54, 1.807) is 0 Å². The predicted molar refractivity (Wildman–Crippen MR) is 66.3 cm³/mol. The van der Waals surface area contributed by atoms with Gasteiger partial charge in [-0.05, 0) is 28.1 Å². The molecule has 1 aromatic heterocycles. The molecule has 0 aliphatic heterocycles. The summed E-state index contributed by atoms with van der Waals surface area (Å²) in [5.41, 5.74) is 0.647. The minimum absolute atomic E-state index is 0.0689. The van der Waals surface area contributed by atoms with Crippen molar-refractivity contribution in [2.75, 3.05) is 5.32 Å². The number of nitriles is 1. The topological polar surface area (TPSA) is 48.7 Å². The van der Waals surface area contributed by atoms with Crippen LogP contribution in [0, 0.1) is 23.0 Å². The molecule has 0 fully saturated rings. The van der Waals surface area contributed by atoms with Crippen molar-refractivity contribution in [2.45, 2.75) is 0 Å². The maximum Gasteiger partial charge on any atom is 0.162 e. The van der Waals surface area contributed by atoms with Crippen LogP contribution in [0.4, 0.5) is 20.2 Å². The number of aromatic nitrogens is 1. The summed E-state index contributed by atoms with van der Waals surface area (Å²) < 4.78 is 26.8. The molecule has 1 heterocycles. The molecule has 0 aliphatic carbocycles. The van der Waals surface area contributed by atoms with Crippen molar-refractivity contribution in [2.24, 2.45) is 0 Å². The fourth-order valence-corrected chi connectivity index (χ4v) is 1.80. The number of hydrogen-bond acceptors (Lipinski definition) is 3. The zero-order chi connectivity index (χ0) is 13.1. The van der Waals surface area contributed by atoms with E-state index in [9.17, 15) is 8.78 Å². The van der Waals surface area contributed by atoms with Gasteiger partial charge in [-0.3, -0.25) is 4.98 Å². The lowest BCUT2D eigenvalue weighted by Crippen LogP contribution is -1.97. The molecule has 0 atom stereocenters. The molecule has 0 aliphatic rings. The third kappa shape index (κ3) is 2.46. The summed E-state index contributed by atoms with van der Waals surface area (Å²) >= 11 is 2.99.